The van der Waals surface area contributed by atoms with Gasteiger partial charge < -0.3 is 0 Å². The standard InChI is InChI=1S/C14H11BrFNO2S2/c15-11-6-5-10(9-12(11)16)21(18,19)17-7-8-20-14-4-2-1-3-13(14)17/h1-6,9H,7-8H2. The van der Waals surface area contributed by atoms with Crippen LogP contribution in [0.3, 0.4) is 0 Å². The minimum absolute atomic E-state index is 0.0371. The van der Waals surface area contributed by atoms with E-state index in [1.807, 2.05) is 12.1 Å². The van der Waals surface area contributed by atoms with E-state index in [1.54, 1.807) is 23.9 Å². The summed E-state index contributed by atoms with van der Waals surface area (Å²) in [6.07, 6.45) is 0. The maximum Gasteiger partial charge on any atom is 0.264 e. The Bertz CT molecular complexity index is 795. The molecule has 3 rings (SSSR count). The number of thioether (sulfide) groups is 1. The Morgan fingerprint density at radius 2 is 1.95 bits per heavy atom. The molecule has 0 atom stereocenters. The van der Waals surface area contributed by atoms with Crippen LogP contribution in [0.15, 0.2) is 56.7 Å². The fourth-order valence-electron chi connectivity index (χ4n) is 2.16. The third-order valence-electron chi connectivity index (χ3n) is 3.16. The zero-order chi connectivity index (χ0) is 15.0. The molecule has 0 aliphatic carbocycles. The molecule has 0 fully saturated rings. The van der Waals surface area contributed by atoms with E-state index in [-0.39, 0.29) is 9.37 Å². The van der Waals surface area contributed by atoms with Gasteiger partial charge in [0.25, 0.3) is 10.0 Å². The summed E-state index contributed by atoms with van der Waals surface area (Å²) in [6, 6.07) is 11.2. The largest absolute Gasteiger partial charge is 0.264 e. The van der Waals surface area contributed by atoms with Crippen LogP contribution in [-0.2, 0) is 10.0 Å². The van der Waals surface area contributed by atoms with Crippen molar-refractivity contribution in [1.29, 1.82) is 0 Å². The zero-order valence-corrected chi connectivity index (χ0v) is 14.0. The van der Waals surface area contributed by atoms with Gasteiger partial charge in [0.1, 0.15) is 5.82 Å². The van der Waals surface area contributed by atoms with Crippen molar-refractivity contribution >= 4 is 43.4 Å². The number of benzene rings is 2. The van der Waals surface area contributed by atoms with Gasteiger partial charge in [0.2, 0.25) is 0 Å². The number of hydrogen-bond acceptors (Lipinski definition) is 3. The van der Waals surface area contributed by atoms with Gasteiger partial charge in [0, 0.05) is 17.2 Å². The first kappa shape index (κ1) is 14.9. The molecule has 0 aromatic heterocycles. The van der Waals surface area contributed by atoms with Crippen molar-refractivity contribution < 1.29 is 12.8 Å². The van der Waals surface area contributed by atoms with Crippen LogP contribution in [0.5, 0.6) is 0 Å². The highest BCUT2D eigenvalue weighted by molar-refractivity contribution is 9.10. The molecule has 0 bridgehead atoms. The first-order valence-electron chi connectivity index (χ1n) is 6.20. The maximum atomic E-state index is 13.6. The minimum Gasteiger partial charge on any atom is -0.264 e. The van der Waals surface area contributed by atoms with Crippen LogP contribution >= 0.6 is 27.7 Å². The molecule has 110 valence electrons. The molecule has 1 heterocycles. The lowest BCUT2D eigenvalue weighted by atomic mass is 10.3. The molecule has 1 aliphatic rings. The molecule has 0 amide bonds. The molecule has 1 aliphatic heterocycles. The summed E-state index contributed by atoms with van der Waals surface area (Å²) in [7, 11) is -3.76. The Morgan fingerprint density at radius 1 is 1.19 bits per heavy atom. The predicted octanol–water partition coefficient (Wildman–Crippen LogP) is 3.89. The van der Waals surface area contributed by atoms with Crippen LogP contribution in [0.1, 0.15) is 0 Å². The summed E-state index contributed by atoms with van der Waals surface area (Å²) in [6.45, 7) is 0.377. The molecule has 3 nitrogen and oxygen atoms in total. The lowest BCUT2D eigenvalue weighted by molar-refractivity contribution is 0.585. The van der Waals surface area contributed by atoms with Crippen LogP contribution in [0.4, 0.5) is 10.1 Å². The van der Waals surface area contributed by atoms with Crippen molar-refractivity contribution in [2.45, 2.75) is 9.79 Å². The summed E-state index contributed by atoms with van der Waals surface area (Å²) in [5.74, 6) is 0.0886. The number of halogens is 2. The first-order valence-corrected chi connectivity index (χ1v) is 9.41. The molecule has 0 spiro atoms. The van der Waals surface area contributed by atoms with Crippen LogP contribution in [-0.4, -0.2) is 20.7 Å². The average Bonchev–Trinajstić information content (AvgIpc) is 2.49. The van der Waals surface area contributed by atoms with Gasteiger partial charge in [-0.2, -0.15) is 0 Å². The van der Waals surface area contributed by atoms with Gasteiger partial charge in [0.05, 0.1) is 15.1 Å². The summed E-state index contributed by atoms with van der Waals surface area (Å²) < 4.78 is 40.7. The predicted molar refractivity (Wildman–Crippen MR) is 85.8 cm³/mol. The second-order valence-corrected chi connectivity index (χ2v) is 8.32. The van der Waals surface area contributed by atoms with Crippen LogP contribution < -0.4 is 4.31 Å². The fraction of sp³-hybridized carbons (Fsp3) is 0.143. The molecule has 0 unspecified atom stereocenters. The first-order chi connectivity index (χ1) is 10.00. The molecule has 2 aromatic rings. The van der Waals surface area contributed by atoms with E-state index in [9.17, 15) is 12.8 Å². The number of fused-ring (bicyclic) bond motifs is 1. The van der Waals surface area contributed by atoms with E-state index < -0.39 is 15.8 Å². The second-order valence-electron chi connectivity index (χ2n) is 4.47. The number of hydrogen-bond donors (Lipinski definition) is 0. The van der Waals surface area contributed by atoms with E-state index in [0.29, 0.717) is 18.0 Å². The molecular formula is C14H11BrFNO2S2. The third kappa shape index (κ3) is 2.69. The van der Waals surface area contributed by atoms with Crippen molar-refractivity contribution in [1.82, 2.24) is 0 Å². The van der Waals surface area contributed by atoms with Gasteiger partial charge in [0.15, 0.2) is 0 Å². The summed E-state index contributed by atoms with van der Waals surface area (Å²) in [4.78, 5) is 0.884. The van der Waals surface area contributed by atoms with Crippen molar-refractivity contribution in [3.63, 3.8) is 0 Å². The van der Waals surface area contributed by atoms with E-state index in [0.717, 1.165) is 11.0 Å². The maximum absolute atomic E-state index is 13.6. The molecule has 7 heteroatoms. The highest BCUT2D eigenvalue weighted by Crippen LogP contribution is 2.37. The Hall–Kier alpha value is -1.05. The lowest BCUT2D eigenvalue weighted by Crippen LogP contribution is -2.35. The van der Waals surface area contributed by atoms with Crippen LogP contribution in [0.2, 0.25) is 0 Å². The van der Waals surface area contributed by atoms with Gasteiger partial charge in [-0.1, -0.05) is 12.1 Å². The normalized spacial score (nSPS) is 14.9. The number of sulfonamides is 1. The Morgan fingerprint density at radius 3 is 2.71 bits per heavy atom. The van der Waals surface area contributed by atoms with Crippen molar-refractivity contribution in [2.24, 2.45) is 0 Å². The van der Waals surface area contributed by atoms with Gasteiger partial charge in [-0.05, 0) is 46.3 Å². The minimum atomic E-state index is -3.76. The topological polar surface area (TPSA) is 37.4 Å². The molecule has 21 heavy (non-hydrogen) atoms. The number of anilines is 1. The molecule has 0 saturated heterocycles. The SMILES string of the molecule is O=S(=O)(c1ccc(Br)c(F)c1)N1CCSc2ccccc21. The molecule has 0 N–H and O–H groups in total. The highest BCUT2D eigenvalue weighted by atomic mass is 79.9. The van der Waals surface area contributed by atoms with E-state index in [1.165, 1.54) is 16.4 Å². The van der Waals surface area contributed by atoms with Crippen molar-refractivity contribution in [3.8, 4) is 0 Å². The number of nitrogens with zero attached hydrogens (tertiary/aromatic N) is 1. The smallest absolute Gasteiger partial charge is 0.264 e. The Kier molecular flexibility index (Phi) is 3.98. The zero-order valence-electron chi connectivity index (χ0n) is 10.8. The average molecular weight is 388 g/mol. The summed E-state index contributed by atoms with van der Waals surface area (Å²) in [5.41, 5.74) is 0.650. The molecular weight excluding hydrogens is 377 g/mol. The van der Waals surface area contributed by atoms with Gasteiger partial charge >= 0.3 is 0 Å². The quantitative estimate of drug-likeness (QED) is 0.784. The molecule has 0 radical (unpaired) electrons. The van der Waals surface area contributed by atoms with Gasteiger partial charge in [-0.3, -0.25) is 4.31 Å². The van der Waals surface area contributed by atoms with Crippen molar-refractivity contribution in [2.75, 3.05) is 16.6 Å². The monoisotopic (exact) mass is 387 g/mol. The fourth-order valence-corrected chi connectivity index (χ4v) is 5.07. The molecule has 0 saturated carbocycles. The Labute approximate surface area is 135 Å². The van der Waals surface area contributed by atoms with Crippen LogP contribution in [0.25, 0.3) is 0 Å². The summed E-state index contributed by atoms with van der Waals surface area (Å²) in [5, 5.41) is 0. The number of para-hydroxylation sites is 1. The van der Waals surface area contributed by atoms with Crippen LogP contribution in [0, 0.1) is 5.82 Å². The highest BCUT2D eigenvalue weighted by Gasteiger charge is 2.29. The van der Waals surface area contributed by atoms with E-state index >= 15 is 0 Å². The second kappa shape index (κ2) is 5.62. The lowest BCUT2D eigenvalue weighted by Gasteiger charge is -2.30. The third-order valence-corrected chi connectivity index (χ3v) is 6.66. The Balaban J connectivity index is 2.09. The van der Waals surface area contributed by atoms with Gasteiger partial charge in [-0.25, -0.2) is 12.8 Å². The van der Waals surface area contributed by atoms with Crippen molar-refractivity contribution in [3.05, 3.63) is 52.8 Å². The number of rotatable bonds is 2. The van der Waals surface area contributed by atoms with Gasteiger partial charge in [-0.15, -0.1) is 11.8 Å². The van der Waals surface area contributed by atoms with E-state index in [2.05, 4.69) is 15.9 Å². The van der Waals surface area contributed by atoms with E-state index in [4.69, 9.17) is 0 Å². The summed E-state index contributed by atoms with van der Waals surface area (Å²) >= 11 is 4.65. The molecule has 2 aromatic carbocycles.